The standard InChI is InChI=1S/C15H20F2N6/c1-10-11(9-22(3)20-10)12-8-13(14(16)17)19-15(18-12)23-6-4-21(2)5-7-23/h8-9,14H,4-7H2,1-3H3. The summed E-state index contributed by atoms with van der Waals surface area (Å²) in [6.07, 6.45) is -0.833. The van der Waals surface area contributed by atoms with E-state index in [1.807, 2.05) is 18.9 Å². The van der Waals surface area contributed by atoms with Gasteiger partial charge in [-0.15, -0.1) is 0 Å². The summed E-state index contributed by atoms with van der Waals surface area (Å²) in [6.45, 7) is 5.03. The fourth-order valence-corrected chi connectivity index (χ4v) is 2.70. The van der Waals surface area contributed by atoms with E-state index in [2.05, 4.69) is 20.0 Å². The Hall–Kier alpha value is -2.09. The highest BCUT2D eigenvalue weighted by molar-refractivity contribution is 5.63. The van der Waals surface area contributed by atoms with Crippen molar-refractivity contribution < 1.29 is 8.78 Å². The summed E-state index contributed by atoms with van der Waals surface area (Å²) in [4.78, 5) is 12.7. The zero-order valence-corrected chi connectivity index (χ0v) is 13.5. The van der Waals surface area contributed by atoms with E-state index in [4.69, 9.17) is 0 Å². The molecule has 0 bridgehead atoms. The number of likely N-dealkylation sites (N-methyl/N-ethyl adjacent to an activating group) is 1. The van der Waals surface area contributed by atoms with Crippen LogP contribution in [0.3, 0.4) is 0 Å². The van der Waals surface area contributed by atoms with Gasteiger partial charge in [0.15, 0.2) is 0 Å². The number of halogens is 2. The van der Waals surface area contributed by atoms with Crippen molar-refractivity contribution in [3.05, 3.63) is 23.7 Å². The van der Waals surface area contributed by atoms with Crippen LogP contribution < -0.4 is 4.90 Å². The molecule has 0 aromatic carbocycles. The number of hydrogen-bond acceptors (Lipinski definition) is 5. The second kappa shape index (κ2) is 6.19. The molecule has 8 heteroatoms. The Morgan fingerprint density at radius 3 is 2.35 bits per heavy atom. The summed E-state index contributed by atoms with van der Waals surface area (Å²) in [5.74, 6) is 0.370. The molecule has 2 aromatic rings. The smallest absolute Gasteiger partial charge is 0.280 e. The highest BCUT2D eigenvalue weighted by Gasteiger charge is 2.21. The van der Waals surface area contributed by atoms with Gasteiger partial charge in [-0.1, -0.05) is 0 Å². The van der Waals surface area contributed by atoms with Gasteiger partial charge < -0.3 is 9.80 Å². The summed E-state index contributed by atoms with van der Waals surface area (Å²) in [7, 11) is 3.84. The Bertz CT molecular complexity index is 691. The van der Waals surface area contributed by atoms with Gasteiger partial charge in [-0.3, -0.25) is 4.68 Å². The number of nitrogens with zero attached hydrogens (tertiary/aromatic N) is 6. The first-order valence-corrected chi connectivity index (χ1v) is 7.55. The van der Waals surface area contributed by atoms with E-state index < -0.39 is 6.43 Å². The SMILES string of the molecule is Cc1nn(C)cc1-c1cc(C(F)F)nc(N2CCN(C)CC2)n1. The molecular formula is C15H20F2N6. The van der Waals surface area contributed by atoms with Crippen molar-refractivity contribution in [2.45, 2.75) is 13.3 Å². The molecule has 3 rings (SSSR count). The monoisotopic (exact) mass is 322 g/mol. The van der Waals surface area contributed by atoms with Crippen LogP contribution in [-0.2, 0) is 7.05 Å². The first-order valence-electron chi connectivity index (χ1n) is 7.55. The summed E-state index contributed by atoms with van der Waals surface area (Å²) in [5.41, 5.74) is 1.77. The molecule has 1 aliphatic rings. The minimum atomic E-state index is -2.63. The second-order valence-corrected chi connectivity index (χ2v) is 5.87. The van der Waals surface area contributed by atoms with Crippen LogP contribution in [0.5, 0.6) is 0 Å². The maximum Gasteiger partial charge on any atom is 0.280 e. The van der Waals surface area contributed by atoms with Crippen LogP contribution in [0.25, 0.3) is 11.3 Å². The van der Waals surface area contributed by atoms with Crippen molar-refractivity contribution >= 4 is 5.95 Å². The Kier molecular flexibility index (Phi) is 4.25. The van der Waals surface area contributed by atoms with E-state index in [1.54, 1.807) is 17.9 Å². The Balaban J connectivity index is 2.01. The minimum Gasteiger partial charge on any atom is -0.338 e. The van der Waals surface area contributed by atoms with Crippen LogP contribution in [0.4, 0.5) is 14.7 Å². The van der Waals surface area contributed by atoms with Crippen molar-refractivity contribution in [1.82, 2.24) is 24.6 Å². The highest BCUT2D eigenvalue weighted by atomic mass is 19.3. The molecule has 0 unspecified atom stereocenters. The van der Waals surface area contributed by atoms with Gasteiger partial charge in [0, 0.05) is 45.0 Å². The first-order chi connectivity index (χ1) is 10.9. The zero-order chi connectivity index (χ0) is 16.6. The molecule has 0 N–H and O–H groups in total. The van der Waals surface area contributed by atoms with E-state index in [0.29, 0.717) is 11.6 Å². The fourth-order valence-electron chi connectivity index (χ4n) is 2.70. The van der Waals surface area contributed by atoms with E-state index >= 15 is 0 Å². The van der Waals surface area contributed by atoms with Gasteiger partial charge in [-0.05, 0) is 20.0 Å². The number of piperazine rings is 1. The van der Waals surface area contributed by atoms with Gasteiger partial charge in [-0.25, -0.2) is 18.7 Å². The largest absolute Gasteiger partial charge is 0.338 e. The normalized spacial score (nSPS) is 16.3. The van der Waals surface area contributed by atoms with Crippen LogP contribution in [-0.4, -0.2) is 57.9 Å². The maximum atomic E-state index is 13.2. The number of hydrogen-bond donors (Lipinski definition) is 0. The van der Waals surface area contributed by atoms with E-state index in [-0.39, 0.29) is 5.69 Å². The topological polar surface area (TPSA) is 50.1 Å². The molecule has 2 aromatic heterocycles. The Morgan fingerprint density at radius 2 is 1.78 bits per heavy atom. The minimum absolute atomic E-state index is 0.243. The number of anilines is 1. The quantitative estimate of drug-likeness (QED) is 0.863. The van der Waals surface area contributed by atoms with E-state index in [9.17, 15) is 8.78 Å². The molecule has 0 amide bonds. The van der Waals surface area contributed by atoms with Crippen molar-refractivity contribution in [2.24, 2.45) is 7.05 Å². The highest BCUT2D eigenvalue weighted by Crippen LogP contribution is 2.27. The van der Waals surface area contributed by atoms with Gasteiger partial charge in [0.1, 0.15) is 5.69 Å². The molecular weight excluding hydrogens is 302 g/mol. The Morgan fingerprint density at radius 1 is 1.09 bits per heavy atom. The van der Waals surface area contributed by atoms with Gasteiger partial charge in [0.2, 0.25) is 5.95 Å². The lowest BCUT2D eigenvalue weighted by Gasteiger charge is -2.32. The third-order valence-electron chi connectivity index (χ3n) is 4.03. The van der Waals surface area contributed by atoms with Crippen molar-refractivity contribution in [3.63, 3.8) is 0 Å². The van der Waals surface area contributed by atoms with Crippen molar-refractivity contribution in [1.29, 1.82) is 0 Å². The number of alkyl halides is 2. The molecule has 1 fully saturated rings. The van der Waals surface area contributed by atoms with Gasteiger partial charge in [0.25, 0.3) is 6.43 Å². The molecule has 3 heterocycles. The molecule has 1 aliphatic heterocycles. The molecule has 23 heavy (non-hydrogen) atoms. The van der Waals surface area contributed by atoms with Crippen molar-refractivity contribution in [3.8, 4) is 11.3 Å². The summed E-state index contributed by atoms with van der Waals surface area (Å²) in [5, 5.41) is 4.26. The second-order valence-electron chi connectivity index (χ2n) is 5.87. The third-order valence-corrected chi connectivity index (χ3v) is 4.03. The predicted octanol–water partition coefficient (Wildman–Crippen LogP) is 1.87. The van der Waals surface area contributed by atoms with Crippen LogP contribution in [0, 0.1) is 6.92 Å². The molecule has 0 saturated carbocycles. The number of aryl methyl sites for hydroxylation is 2. The first kappa shape index (κ1) is 15.8. The maximum absolute atomic E-state index is 13.2. The fraction of sp³-hybridized carbons (Fsp3) is 0.533. The van der Waals surface area contributed by atoms with Crippen LogP contribution in [0.15, 0.2) is 12.3 Å². The van der Waals surface area contributed by atoms with E-state index in [0.717, 1.165) is 37.4 Å². The van der Waals surface area contributed by atoms with Gasteiger partial charge in [-0.2, -0.15) is 5.10 Å². The molecule has 0 aliphatic carbocycles. The Labute approximate surface area is 133 Å². The van der Waals surface area contributed by atoms with Crippen LogP contribution >= 0.6 is 0 Å². The molecule has 6 nitrogen and oxygen atoms in total. The average molecular weight is 322 g/mol. The lowest BCUT2D eigenvalue weighted by atomic mass is 10.1. The number of aromatic nitrogens is 4. The molecule has 1 saturated heterocycles. The lowest BCUT2D eigenvalue weighted by molar-refractivity contribution is 0.146. The molecule has 0 spiro atoms. The summed E-state index contributed by atoms with van der Waals surface area (Å²) >= 11 is 0. The summed E-state index contributed by atoms with van der Waals surface area (Å²) < 4.78 is 28.1. The van der Waals surface area contributed by atoms with Crippen LogP contribution in [0.2, 0.25) is 0 Å². The lowest BCUT2D eigenvalue weighted by Crippen LogP contribution is -2.45. The van der Waals surface area contributed by atoms with E-state index in [1.165, 1.54) is 6.07 Å². The zero-order valence-electron chi connectivity index (χ0n) is 13.5. The average Bonchev–Trinajstić information content (AvgIpc) is 2.86. The van der Waals surface area contributed by atoms with Crippen molar-refractivity contribution in [2.75, 3.05) is 38.1 Å². The number of rotatable bonds is 3. The molecule has 0 atom stereocenters. The van der Waals surface area contributed by atoms with Gasteiger partial charge in [0.05, 0.1) is 11.4 Å². The summed E-state index contributed by atoms with van der Waals surface area (Å²) in [6, 6.07) is 1.36. The molecule has 124 valence electrons. The predicted molar refractivity (Wildman–Crippen MR) is 83.6 cm³/mol. The third kappa shape index (κ3) is 3.31. The molecule has 0 radical (unpaired) electrons. The van der Waals surface area contributed by atoms with Gasteiger partial charge >= 0.3 is 0 Å². The van der Waals surface area contributed by atoms with Crippen LogP contribution in [0.1, 0.15) is 17.8 Å².